The maximum atomic E-state index is 10.2. The van der Waals surface area contributed by atoms with E-state index in [-0.39, 0.29) is 12.1 Å². The van der Waals surface area contributed by atoms with Crippen LogP contribution < -0.4 is 5.32 Å². The van der Waals surface area contributed by atoms with Gasteiger partial charge >= 0.3 is 0 Å². The zero-order valence-electron chi connectivity index (χ0n) is 11.8. The Morgan fingerprint density at radius 2 is 1.90 bits per heavy atom. The Labute approximate surface area is 124 Å². The van der Waals surface area contributed by atoms with Crippen LogP contribution in [0.15, 0.2) is 48.5 Å². The van der Waals surface area contributed by atoms with Gasteiger partial charge in [-0.05, 0) is 24.5 Å². The number of hydrogen-bond donors (Lipinski definition) is 2. The third kappa shape index (κ3) is 2.09. The van der Waals surface area contributed by atoms with Crippen molar-refractivity contribution in [2.24, 2.45) is 5.92 Å². The molecule has 0 aromatic heterocycles. The van der Waals surface area contributed by atoms with Crippen LogP contribution in [-0.2, 0) is 4.74 Å². The lowest BCUT2D eigenvalue weighted by Gasteiger charge is -2.43. The van der Waals surface area contributed by atoms with Crippen LogP contribution in [0.4, 0.5) is 5.69 Å². The van der Waals surface area contributed by atoms with Gasteiger partial charge in [0.1, 0.15) is 5.75 Å². The third-order valence-corrected chi connectivity index (χ3v) is 4.64. The first-order chi connectivity index (χ1) is 10.3. The van der Waals surface area contributed by atoms with E-state index in [1.54, 1.807) is 6.07 Å². The van der Waals surface area contributed by atoms with Crippen molar-refractivity contribution in [2.75, 3.05) is 11.9 Å². The summed E-state index contributed by atoms with van der Waals surface area (Å²) in [6, 6.07) is 16.3. The highest BCUT2D eigenvalue weighted by Crippen LogP contribution is 2.51. The second-order valence-corrected chi connectivity index (χ2v) is 5.87. The Hall–Kier alpha value is -2.00. The Balaban J connectivity index is 1.81. The van der Waals surface area contributed by atoms with Gasteiger partial charge in [0, 0.05) is 18.1 Å². The Morgan fingerprint density at radius 3 is 2.76 bits per heavy atom. The molecule has 1 saturated heterocycles. The number of nitrogens with one attached hydrogen (secondary N) is 1. The molecular weight excluding hydrogens is 262 g/mol. The van der Waals surface area contributed by atoms with Crippen LogP contribution >= 0.6 is 0 Å². The summed E-state index contributed by atoms with van der Waals surface area (Å²) in [6.45, 7) is 0.803. The first-order valence-corrected chi connectivity index (χ1v) is 7.59. The molecular formula is C18H19NO2. The summed E-state index contributed by atoms with van der Waals surface area (Å²) in [5.74, 6) is 0.719. The predicted molar refractivity (Wildman–Crippen MR) is 82.3 cm³/mol. The van der Waals surface area contributed by atoms with Gasteiger partial charge in [-0.1, -0.05) is 42.5 Å². The summed E-state index contributed by atoms with van der Waals surface area (Å²) in [5.41, 5.74) is 3.17. The van der Waals surface area contributed by atoms with E-state index >= 15 is 0 Å². The molecule has 2 aliphatic heterocycles. The van der Waals surface area contributed by atoms with Crippen molar-refractivity contribution in [3.63, 3.8) is 0 Å². The minimum Gasteiger partial charge on any atom is -0.506 e. The lowest BCUT2D eigenvalue weighted by Crippen LogP contribution is -2.35. The van der Waals surface area contributed by atoms with Crippen LogP contribution in [0.1, 0.15) is 36.1 Å². The Bertz CT molecular complexity index is 641. The number of phenolic OH excluding ortho intramolecular Hbond substituents is 1. The number of ether oxygens (including phenoxy) is 1. The smallest absolute Gasteiger partial charge is 0.139 e. The van der Waals surface area contributed by atoms with E-state index in [9.17, 15) is 5.11 Å². The minimum absolute atomic E-state index is 0.0762. The van der Waals surface area contributed by atoms with Gasteiger partial charge in [-0.25, -0.2) is 0 Å². The van der Waals surface area contributed by atoms with Crippen molar-refractivity contribution >= 4 is 5.69 Å². The van der Waals surface area contributed by atoms with E-state index in [4.69, 9.17) is 4.74 Å². The highest BCUT2D eigenvalue weighted by atomic mass is 16.5. The maximum absolute atomic E-state index is 10.2. The van der Waals surface area contributed by atoms with Crippen molar-refractivity contribution in [2.45, 2.75) is 25.0 Å². The molecule has 0 bridgehead atoms. The van der Waals surface area contributed by atoms with Crippen molar-refractivity contribution < 1.29 is 9.84 Å². The van der Waals surface area contributed by atoms with Gasteiger partial charge in [-0.15, -0.1) is 0 Å². The fourth-order valence-electron chi connectivity index (χ4n) is 3.67. The van der Waals surface area contributed by atoms with Gasteiger partial charge in [0.25, 0.3) is 0 Å². The summed E-state index contributed by atoms with van der Waals surface area (Å²) < 4.78 is 6.06. The van der Waals surface area contributed by atoms with Crippen LogP contribution in [-0.4, -0.2) is 11.7 Å². The number of phenols is 1. The summed E-state index contributed by atoms with van der Waals surface area (Å²) in [6.07, 6.45) is 2.32. The lowest BCUT2D eigenvalue weighted by atomic mass is 9.77. The van der Waals surface area contributed by atoms with Crippen LogP contribution in [0.2, 0.25) is 0 Å². The molecule has 1 fully saturated rings. The average Bonchev–Trinajstić information content (AvgIpc) is 2.55. The average molecular weight is 281 g/mol. The van der Waals surface area contributed by atoms with Gasteiger partial charge in [-0.3, -0.25) is 0 Å². The zero-order valence-corrected chi connectivity index (χ0v) is 11.8. The van der Waals surface area contributed by atoms with Gasteiger partial charge < -0.3 is 15.2 Å². The number of benzene rings is 2. The van der Waals surface area contributed by atoms with Crippen molar-refractivity contribution in [1.82, 2.24) is 0 Å². The molecule has 2 N–H and O–H groups in total. The fraction of sp³-hybridized carbons (Fsp3) is 0.333. The molecule has 4 rings (SSSR count). The van der Waals surface area contributed by atoms with E-state index < -0.39 is 0 Å². The number of hydrogen-bond acceptors (Lipinski definition) is 3. The van der Waals surface area contributed by atoms with Gasteiger partial charge in [0.05, 0.1) is 17.8 Å². The summed E-state index contributed by atoms with van der Waals surface area (Å²) >= 11 is 0. The summed E-state index contributed by atoms with van der Waals surface area (Å²) in [4.78, 5) is 0. The van der Waals surface area contributed by atoms with Crippen LogP contribution in [0.25, 0.3) is 0 Å². The van der Waals surface area contributed by atoms with E-state index in [1.807, 2.05) is 12.1 Å². The zero-order chi connectivity index (χ0) is 14.2. The monoisotopic (exact) mass is 281 g/mol. The lowest BCUT2D eigenvalue weighted by molar-refractivity contribution is -0.0382. The van der Waals surface area contributed by atoms with Crippen molar-refractivity contribution in [3.8, 4) is 5.75 Å². The largest absolute Gasteiger partial charge is 0.506 e. The topological polar surface area (TPSA) is 41.5 Å². The molecule has 3 heteroatoms. The molecule has 0 spiro atoms. The number of anilines is 1. The van der Waals surface area contributed by atoms with E-state index in [0.29, 0.717) is 11.7 Å². The van der Waals surface area contributed by atoms with Crippen molar-refractivity contribution in [3.05, 3.63) is 59.7 Å². The molecule has 3 atom stereocenters. The van der Waals surface area contributed by atoms with Crippen LogP contribution in [0.3, 0.4) is 0 Å². The molecule has 2 heterocycles. The first kappa shape index (κ1) is 12.7. The normalized spacial score (nSPS) is 27.3. The first-order valence-electron chi connectivity index (χ1n) is 7.59. The SMILES string of the molecule is Oc1cccc2c1NC(c1ccccc1)C1CCCOC21. The van der Waals surface area contributed by atoms with Crippen molar-refractivity contribution in [1.29, 1.82) is 0 Å². The molecule has 2 aliphatic rings. The molecule has 0 amide bonds. The molecule has 3 nitrogen and oxygen atoms in total. The molecule has 2 aromatic carbocycles. The summed E-state index contributed by atoms with van der Waals surface area (Å²) in [5, 5.41) is 13.7. The van der Waals surface area contributed by atoms with E-state index in [0.717, 1.165) is 30.7 Å². The standard InChI is InChI=1S/C18H19NO2/c20-15-10-4-8-14-17(15)19-16(12-6-2-1-3-7-12)13-9-5-11-21-18(13)14/h1-4,6-8,10,13,16,18-20H,5,9,11H2. The van der Waals surface area contributed by atoms with Crippen LogP contribution in [0.5, 0.6) is 5.75 Å². The Kier molecular flexibility index (Phi) is 3.08. The molecule has 0 radical (unpaired) electrons. The highest BCUT2D eigenvalue weighted by molar-refractivity contribution is 5.65. The number of fused-ring (bicyclic) bond motifs is 3. The molecule has 21 heavy (non-hydrogen) atoms. The van der Waals surface area contributed by atoms with E-state index in [2.05, 4.69) is 35.6 Å². The molecule has 0 aliphatic carbocycles. The number of aromatic hydroxyl groups is 1. The second kappa shape index (κ2) is 5.08. The number of rotatable bonds is 1. The van der Waals surface area contributed by atoms with Crippen LogP contribution in [0, 0.1) is 5.92 Å². The third-order valence-electron chi connectivity index (χ3n) is 4.64. The second-order valence-electron chi connectivity index (χ2n) is 5.87. The molecule has 2 aromatic rings. The van der Waals surface area contributed by atoms with Gasteiger partial charge in [-0.2, -0.15) is 0 Å². The summed E-state index contributed by atoms with van der Waals surface area (Å²) in [7, 11) is 0. The molecule has 3 unspecified atom stereocenters. The molecule has 0 saturated carbocycles. The van der Waals surface area contributed by atoms with Gasteiger partial charge in [0.2, 0.25) is 0 Å². The highest BCUT2D eigenvalue weighted by Gasteiger charge is 2.40. The predicted octanol–water partition coefficient (Wildman–Crippen LogP) is 4.03. The van der Waals surface area contributed by atoms with Gasteiger partial charge in [0.15, 0.2) is 0 Å². The Morgan fingerprint density at radius 1 is 1.05 bits per heavy atom. The maximum Gasteiger partial charge on any atom is 0.139 e. The van der Waals surface area contributed by atoms with E-state index in [1.165, 1.54) is 5.56 Å². The molecule has 108 valence electrons. The quantitative estimate of drug-likeness (QED) is 0.776. The number of para-hydroxylation sites is 1. The fourth-order valence-corrected chi connectivity index (χ4v) is 3.67. The minimum atomic E-state index is 0.0762.